The standard InChI is InChI=1S/C11H10F2N4O2/c1-16-3-2-8(15-16)6-14-10-5-7(12)4-9(13)11(10)17(18)19/h2-5,14H,6H2,1H3. The molecule has 2 aromatic rings. The molecule has 0 saturated heterocycles. The summed E-state index contributed by atoms with van der Waals surface area (Å²) in [5.41, 5.74) is -0.396. The van der Waals surface area contributed by atoms with Gasteiger partial charge in [-0.15, -0.1) is 0 Å². The van der Waals surface area contributed by atoms with Crippen LogP contribution in [0.3, 0.4) is 0 Å². The molecule has 0 spiro atoms. The van der Waals surface area contributed by atoms with Gasteiger partial charge in [-0.25, -0.2) is 4.39 Å². The lowest BCUT2D eigenvalue weighted by Crippen LogP contribution is -2.06. The summed E-state index contributed by atoms with van der Waals surface area (Å²) in [6.45, 7) is 0.130. The quantitative estimate of drug-likeness (QED) is 0.681. The summed E-state index contributed by atoms with van der Waals surface area (Å²) in [4.78, 5) is 9.86. The van der Waals surface area contributed by atoms with Crippen LogP contribution in [0, 0.1) is 21.7 Å². The van der Waals surface area contributed by atoms with Gasteiger partial charge in [-0.3, -0.25) is 14.8 Å². The fourth-order valence-corrected chi connectivity index (χ4v) is 1.63. The van der Waals surface area contributed by atoms with Crippen molar-refractivity contribution in [2.24, 2.45) is 7.05 Å². The number of aromatic nitrogens is 2. The zero-order chi connectivity index (χ0) is 14.0. The summed E-state index contributed by atoms with van der Waals surface area (Å²) in [7, 11) is 1.72. The number of nitrogens with zero attached hydrogens (tertiary/aromatic N) is 3. The Bertz CT molecular complexity index is 627. The Morgan fingerprint density at radius 3 is 2.79 bits per heavy atom. The summed E-state index contributed by atoms with van der Waals surface area (Å²) in [5, 5.41) is 17.4. The highest BCUT2D eigenvalue weighted by Gasteiger charge is 2.21. The van der Waals surface area contributed by atoms with Gasteiger partial charge in [0, 0.05) is 25.4 Å². The van der Waals surface area contributed by atoms with Crippen molar-refractivity contribution in [1.29, 1.82) is 0 Å². The molecule has 0 aliphatic carbocycles. The number of nitrogens with one attached hydrogen (secondary N) is 1. The maximum absolute atomic E-state index is 13.4. The molecule has 1 aromatic heterocycles. The number of rotatable bonds is 4. The summed E-state index contributed by atoms with van der Waals surface area (Å²) < 4.78 is 28.0. The number of hydrogen-bond donors (Lipinski definition) is 1. The highest BCUT2D eigenvalue weighted by molar-refractivity contribution is 5.62. The maximum Gasteiger partial charge on any atom is 0.327 e. The monoisotopic (exact) mass is 268 g/mol. The minimum atomic E-state index is -1.21. The Kier molecular flexibility index (Phi) is 3.41. The van der Waals surface area contributed by atoms with Crippen LogP contribution >= 0.6 is 0 Å². The first-order valence-electron chi connectivity index (χ1n) is 5.33. The van der Waals surface area contributed by atoms with Gasteiger partial charge in [0.1, 0.15) is 11.5 Å². The third-order valence-corrected chi connectivity index (χ3v) is 2.44. The molecule has 19 heavy (non-hydrogen) atoms. The highest BCUT2D eigenvalue weighted by atomic mass is 19.1. The van der Waals surface area contributed by atoms with E-state index in [2.05, 4.69) is 10.4 Å². The average Bonchev–Trinajstić information content (AvgIpc) is 2.71. The first kappa shape index (κ1) is 12.9. The van der Waals surface area contributed by atoms with Gasteiger partial charge < -0.3 is 5.32 Å². The molecule has 1 heterocycles. The van der Waals surface area contributed by atoms with Crippen LogP contribution in [0.25, 0.3) is 0 Å². The van der Waals surface area contributed by atoms with E-state index in [1.165, 1.54) is 0 Å². The predicted molar refractivity (Wildman–Crippen MR) is 63.5 cm³/mol. The van der Waals surface area contributed by atoms with Crippen LogP contribution < -0.4 is 5.32 Å². The zero-order valence-electron chi connectivity index (χ0n) is 9.93. The minimum absolute atomic E-state index is 0.130. The lowest BCUT2D eigenvalue weighted by Gasteiger charge is -2.06. The van der Waals surface area contributed by atoms with E-state index in [0.29, 0.717) is 11.8 Å². The second-order valence-electron chi connectivity index (χ2n) is 3.88. The Balaban J connectivity index is 2.26. The van der Waals surface area contributed by atoms with E-state index in [0.717, 1.165) is 6.07 Å². The fourth-order valence-electron chi connectivity index (χ4n) is 1.63. The third kappa shape index (κ3) is 2.84. The first-order chi connectivity index (χ1) is 8.97. The van der Waals surface area contributed by atoms with E-state index < -0.39 is 22.2 Å². The number of aryl methyl sites for hydroxylation is 1. The third-order valence-electron chi connectivity index (χ3n) is 2.44. The summed E-state index contributed by atoms with van der Waals surface area (Å²) in [5.74, 6) is -2.10. The lowest BCUT2D eigenvalue weighted by atomic mass is 10.2. The first-order valence-corrected chi connectivity index (χ1v) is 5.33. The molecule has 6 nitrogen and oxygen atoms in total. The van der Waals surface area contributed by atoms with E-state index >= 15 is 0 Å². The summed E-state index contributed by atoms with van der Waals surface area (Å²) in [6, 6.07) is 3.04. The van der Waals surface area contributed by atoms with Crippen molar-refractivity contribution in [2.45, 2.75) is 6.54 Å². The van der Waals surface area contributed by atoms with E-state index in [1.807, 2.05) is 0 Å². The largest absolute Gasteiger partial charge is 0.374 e. The van der Waals surface area contributed by atoms with Gasteiger partial charge >= 0.3 is 5.69 Å². The Morgan fingerprint density at radius 1 is 1.47 bits per heavy atom. The Labute approximate surface area is 106 Å². The van der Waals surface area contributed by atoms with Crippen molar-refractivity contribution in [3.63, 3.8) is 0 Å². The van der Waals surface area contributed by atoms with Crippen molar-refractivity contribution in [3.05, 3.63) is 51.8 Å². The molecule has 0 fully saturated rings. The zero-order valence-corrected chi connectivity index (χ0v) is 9.93. The number of nitro groups is 1. The highest BCUT2D eigenvalue weighted by Crippen LogP contribution is 2.29. The van der Waals surface area contributed by atoms with Gasteiger partial charge in [0.15, 0.2) is 0 Å². The minimum Gasteiger partial charge on any atom is -0.374 e. The van der Waals surface area contributed by atoms with Gasteiger partial charge in [-0.1, -0.05) is 0 Å². The van der Waals surface area contributed by atoms with Gasteiger partial charge in [-0.05, 0) is 6.07 Å². The molecule has 100 valence electrons. The van der Waals surface area contributed by atoms with Gasteiger partial charge in [0.2, 0.25) is 5.82 Å². The van der Waals surface area contributed by atoms with Gasteiger partial charge in [-0.2, -0.15) is 9.49 Å². The second-order valence-corrected chi connectivity index (χ2v) is 3.88. The molecule has 0 saturated carbocycles. The average molecular weight is 268 g/mol. The van der Waals surface area contributed by atoms with Crippen molar-refractivity contribution in [2.75, 3.05) is 5.32 Å². The van der Waals surface area contributed by atoms with Crippen LogP contribution in [0.4, 0.5) is 20.2 Å². The van der Waals surface area contributed by atoms with Crippen LogP contribution in [-0.2, 0) is 13.6 Å². The van der Waals surface area contributed by atoms with Crippen molar-refractivity contribution in [1.82, 2.24) is 9.78 Å². The van der Waals surface area contributed by atoms with Crippen LogP contribution in [-0.4, -0.2) is 14.7 Å². The van der Waals surface area contributed by atoms with Crippen molar-refractivity contribution < 1.29 is 13.7 Å². The molecule has 0 amide bonds. The molecule has 0 radical (unpaired) electrons. The van der Waals surface area contributed by atoms with Crippen LogP contribution in [0.15, 0.2) is 24.4 Å². The molecule has 0 bridgehead atoms. The van der Waals surface area contributed by atoms with E-state index in [1.54, 1.807) is 24.0 Å². The van der Waals surface area contributed by atoms with E-state index in [4.69, 9.17) is 0 Å². The fraction of sp³-hybridized carbons (Fsp3) is 0.182. The Morgan fingerprint density at radius 2 is 2.21 bits per heavy atom. The molecule has 0 aliphatic heterocycles. The van der Waals surface area contributed by atoms with Gasteiger partial charge in [0.25, 0.3) is 0 Å². The molecular weight excluding hydrogens is 258 g/mol. The number of halogens is 2. The molecule has 0 aliphatic rings. The van der Waals surface area contributed by atoms with Crippen LogP contribution in [0.1, 0.15) is 5.69 Å². The predicted octanol–water partition coefficient (Wildman–Crippen LogP) is 2.22. The number of anilines is 1. The molecule has 0 atom stereocenters. The van der Waals surface area contributed by atoms with Gasteiger partial charge in [0.05, 0.1) is 17.2 Å². The van der Waals surface area contributed by atoms with E-state index in [9.17, 15) is 18.9 Å². The SMILES string of the molecule is Cn1ccc(CNc2cc(F)cc(F)c2[N+](=O)[O-])n1. The van der Waals surface area contributed by atoms with E-state index in [-0.39, 0.29) is 12.2 Å². The topological polar surface area (TPSA) is 73.0 Å². The summed E-state index contributed by atoms with van der Waals surface area (Å²) in [6.07, 6.45) is 1.69. The second kappa shape index (κ2) is 5.01. The van der Waals surface area contributed by atoms with Crippen LogP contribution in [0.5, 0.6) is 0 Å². The number of hydrogen-bond acceptors (Lipinski definition) is 4. The lowest BCUT2D eigenvalue weighted by molar-refractivity contribution is -0.386. The van der Waals surface area contributed by atoms with Crippen molar-refractivity contribution >= 4 is 11.4 Å². The summed E-state index contributed by atoms with van der Waals surface area (Å²) >= 11 is 0. The Hall–Kier alpha value is -2.51. The number of benzene rings is 1. The van der Waals surface area contributed by atoms with Crippen LogP contribution in [0.2, 0.25) is 0 Å². The normalized spacial score (nSPS) is 10.5. The number of nitro benzene ring substituents is 1. The molecule has 1 aromatic carbocycles. The molecule has 8 heteroatoms. The molecule has 1 N–H and O–H groups in total. The molecule has 0 unspecified atom stereocenters. The van der Waals surface area contributed by atoms with Crippen molar-refractivity contribution in [3.8, 4) is 0 Å². The molecule has 2 rings (SSSR count). The smallest absolute Gasteiger partial charge is 0.327 e. The molecular formula is C11H10F2N4O2. The maximum atomic E-state index is 13.4.